The van der Waals surface area contributed by atoms with Crippen LogP contribution in [0.1, 0.15) is 28.3 Å². The van der Waals surface area contributed by atoms with Gasteiger partial charge in [-0.15, -0.1) is 0 Å². The maximum atomic E-state index is 13.3. The minimum Gasteiger partial charge on any atom is -0.507 e. The topological polar surface area (TPSA) is 76.1 Å². The summed E-state index contributed by atoms with van der Waals surface area (Å²) in [5, 5.41) is 11.2. The van der Waals surface area contributed by atoms with Crippen LogP contribution in [0.3, 0.4) is 0 Å². The number of aliphatic hydroxyl groups is 1. The number of aryl methyl sites for hydroxylation is 2. The molecule has 6 heteroatoms. The molecular weight excluding hydrogens is 418 g/mol. The van der Waals surface area contributed by atoms with Crippen molar-refractivity contribution in [2.24, 2.45) is 0 Å². The van der Waals surface area contributed by atoms with E-state index in [0.717, 1.165) is 11.1 Å². The normalized spacial score (nSPS) is 17.3. The van der Waals surface area contributed by atoms with Crippen LogP contribution >= 0.6 is 0 Å². The molecule has 1 unspecified atom stereocenters. The highest BCUT2D eigenvalue weighted by molar-refractivity contribution is 6.51. The number of hydrogen-bond acceptors (Lipinski definition) is 5. The highest BCUT2D eigenvalue weighted by Crippen LogP contribution is 2.43. The summed E-state index contributed by atoms with van der Waals surface area (Å²) >= 11 is 0. The molecule has 0 saturated carbocycles. The van der Waals surface area contributed by atoms with Crippen LogP contribution in [-0.4, -0.2) is 31.0 Å². The van der Waals surface area contributed by atoms with E-state index >= 15 is 0 Å². The van der Waals surface area contributed by atoms with Crippen LogP contribution in [0.5, 0.6) is 11.5 Å². The number of nitrogens with zero attached hydrogens (tertiary/aromatic N) is 1. The van der Waals surface area contributed by atoms with E-state index in [4.69, 9.17) is 9.47 Å². The van der Waals surface area contributed by atoms with Crippen molar-refractivity contribution in [1.29, 1.82) is 0 Å². The maximum Gasteiger partial charge on any atom is 0.300 e. The van der Waals surface area contributed by atoms with Crippen molar-refractivity contribution in [2.45, 2.75) is 19.9 Å². The minimum absolute atomic E-state index is 0.0136. The molecular formula is C27H25NO5. The van der Waals surface area contributed by atoms with Crippen LogP contribution in [0, 0.1) is 13.8 Å². The Labute approximate surface area is 192 Å². The second-order valence-corrected chi connectivity index (χ2v) is 7.95. The molecule has 1 amide bonds. The van der Waals surface area contributed by atoms with Gasteiger partial charge in [0.15, 0.2) is 0 Å². The standard InChI is InChI=1S/C27H25NO5/c1-16-11-12-20(13-17(16)2)28-24(18-7-5-9-21(14-18)32-3)23(26(30)27(28)31)25(29)19-8-6-10-22(15-19)33-4/h5-15,24,29H,1-4H3/b25-23+. The number of aliphatic hydroxyl groups excluding tert-OH is 1. The van der Waals surface area contributed by atoms with Crippen molar-refractivity contribution in [1.82, 2.24) is 0 Å². The van der Waals surface area contributed by atoms with Crippen molar-refractivity contribution in [2.75, 3.05) is 19.1 Å². The Morgan fingerprint density at radius 1 is 0.848 bits per heavy atom. The second kappa shape index (κ2) is 8.82. The summed E-state index contributed by atoms with van der Waals surface area (Å²) in [6.45, 7) is 3.93. The van der Waals surface area contributed by atoms with Gasteiger partial charge in [0.1, 0.15) is 17.3 Å². The van der Waals surface area contributed by atoms with E-state index in [1.54, 1.807) is 49.6 Å². The number of anilines is 1. The van der Waals surface area contributed by atoms with E-state index in [9.17, 15) is 14.7 Å². The molecule has 0 bridgehead atoms. The molecule has 1 aliphatic heterocycles. The van der Waals surface area contributed by atoms with Crippen LogP contribution < -0.4 is 14.4 Å². The molecule has 1 N–H and O–H groups in total. The molecule has 1 fully saturated rings. The number of carbonyl (C=O) groups excluding carboxylic acids is 2. The molecule has 1 heterocycles. The lowest BCUT2D eigenvalue weighted by Crippen LogP contribution is -2.29. The van der Waals surface area contributed by atoms with Gasteiger partial charge in [-0.25, -0.2) is 0 Å². The SMILES string of the molecule is COc1cccc(/C(O)=C2\C(=O)C(=O)N(c3ccc(C)c(C)c3)C2c2cccc(OC)c2)c1. The molecule has 3 aromatic carbocycles. The molecule has 33 heavy (non-hydrogen) atoms. The van der Waals surface area contributed by atoms with Gasteiger partial charge in [-0.05, 0) is 66.9 Å². The molecule has 6 nitrogen and oxygen atoms in total. The summed E-state index contributed by atoms with van der Waals surface area (Å²) in [4.78, 5) is 28.0. The summed E-state index contributed by atoms with van der Waals surface area (Å²) < 4.78 is 10.6. The second-order valence-electron chi connectivity index (χ2n) is 7.95. The number of amides is 1. The quantitative estimate of drug-likeness (QED) is 0.343. The zero-order valence-electron chi connectivity index (χ0n) is 19.0. The third-order valence-corrected chi connectivity index (χ3v) is 5.97. The van der Waals surface area contributed by atoms with Crippen LogP contribution in [0.4, 0.5) is 5.69 Å². The Bertz CT molecular complexity index is 1280. The van der Waals surface area contributed by atoms with Gasteiger partial charge in [0.25, 0.3) is 11.7 Å². The molecule has 0 spiro atoms. The first kappa shape index (κ1) is 22.1. The summed E-state index contributed by atoms with van der Waals surface area (Å²) in [5.74, 6) is -0.594. The Balaban J connectivity index is 1.97. The molecule has 1 saturated heterocycles. The predicted octanol–water partition coefficient (Wildman–Crippen LogP) is 4.95. The molecule has 0 aliphatic carbocycles. The number of ether oxygens (including phenoxy) is 2. The Kier molecular flexibility index (Phi) is 5.92. The van der Waals surface area contributed by atoms with Gasteiger partial charge in [-0.1, -0.05) is 30.3 Å². The zero-order valence-corrected chi connectivity index (χ0v) is 19.0. The Morgan fingerprint density at radius 3 is 2.18 bits per heavy atom. The number of carbonyl (C=O) groups is 2. The van der Waals surface area contributed by atoms with Crippen molar-refractivity contribution >= 4 is 23.1 Å². The van der Waals surface area contributed by atoms with Gasteiger partial charge in [0, 0.05) is 11.3 Å². The highest BCUT2D eigenvalue weighted by atomic mass is 16.5. The summed E-state index contributed by atoms with van der Waals surface area (Å²) in [5.41, 5.74) is 3.70. The van der Waals surface area contributed by atoms with Gasteiger partial charge in [0.05, 0.1) is 25.8 Å². The first-order chi connectivity index (χ1) is 15.8. The number of methoxy groups -OCH3 is 2. The first-order valence-corrected chi connectivity index (χ1v) is 10.5. The van der Waals surface area contributed by atoms with E-state index in [2.05, 4.69) is 0 Å². The third kappa shape index (κ3) is 3.96. The monoisotopic (exact) mass is 443 g/mol. The molecule has 0 aromatic heterocycles. The molecule has 0 radical (unpaired) electrons. The van der Waals surface area contributed by atoms with Crippen molar-refractivity contribution < 1.29 is 24.2 Å². The van der Waals surface area contributed by atoms with Crippen molar-refractivity contribution in [3.8, 4) is 11.5 Å². The Hall–Kier alpha value is -4.06. The van der Waals surface area contributed by atoms with Gasteiger partial charge in [0.2, 0.25) is 0 Å². The van der Waals surface area contributed by atoms with Gasteiger partial charge >= 0.3 is 0 Å². The van der Waals surface area contributed by atoms with E-state index in [-0.39, 0.29) is 11.3 Å². The predicted molar refractivity (Wildman–Crippen MR) is 127 cm³/mol. The lowest BCUT2D eigenvalue weighted by Gasteiger charge is -2.26. The molecule has 3 aromatic rings. The summed E-state index contributed by atoms with van der Waals surface area (Å²) in [7, 11) is 3.07. The number of Topliss-reactive ketones (excluding diaryl/α,β-unsaturated/α-hetero) is 1. The average molecular weight is 443 g/mol. The lowest BCUT2D eigenvalue weighted by atomic mass is 9.94. The number of ketones is 1. The number of hydrogen-bond donors (Lipinski definition) is 1. The van der Waals surface area contributed by atoms with Crippen LogP contribution in [0.2, 0.25) is 0 Å². The summed E-state index contributed by atoms with van der Waals surface area (Å²) in [6, 6.07) is 18.7. The lowest BCUT2D eigenvalue weighted by molar-refractivity contribution is -0.132. The van der Waals surface area contributed by atoms with Crippen molar-refractivity contribution in [3.05, 3.63) is 94.6 Å². The average Bonchev–Trinajstić information content (AvgIpc) is 3.10. The third-order valence-electron chi connectivity index (χ3n) is 5.97. The number of benzene rings is 3. The molecule has 168 valence electrons. The minimum atomic E-state index is -0.826. The van der Waals surface area contributed by atoms with Crippen LogP contribution in [-0.2, 0) is 9.59 Å². The van der Waals surface area contributed by atoms with Crippen LogP contribution in [0.15, 0.2) is 72.3 Å². The molecule has 4 rings (SSSR count). The van der Waals surface area contributed by atoms with Crippen LogP contribution in [0.25, 0.3) is 5.76 Å². The molecule has 1 aliphatic rings. The van der Waals surface area contributed by atoms with Gasteiger partial charge in [-0.2, -0.15) is 0 Å². The van der Waals surface area contributed by atoms with E-state index in [1.807, 2.05) is 38.1 Å². The zero-order chi connectivity index (χ0) is 23.7. The van der Waals surface area contributed by atoms with E-state index in [1.165, 1.54) is 12.0 Å². The fourth-order valence-electron chi connectivity index (χ4n) is 4.03. The van der Waals surface area contributed by atoms with Crippen molar-refractivity contribution in [3.63, 3.8) is 0 Å². The largest absolute Gasteiger partial charge is 0.507 e. The maximum absolute atomic E-state index is 13.3. The smallest absolute Gasteiger partial charge is 0.300 e. The fraction of sp³-hybridized carbons (Fsp3) is 0.185. The summed E-state index contributed by atoms with van der Waals surface area (Å²) in [6.07, 6.45) is 0. The highest BCUT2D eigenvalue weighted by Gasteiger charge is 2.47. The van der Waals surface area contributed by atoms with E-state index in [0.29, 0.717) is 28.3 Å². The molecule has 1 atom stereocenters. The van der Waals surface area contributed by atoms with Gasteiger partial charge in [-0.3, -0.25) is 14.5 Å². The fourth-order valence-corrected chi connectivity index (χ4v) is 4.03. The number of rotatable bonds is 5. The first-order valence-electron chi connectivity index (χ1n) is 10.5. The Morgan fingerprint density at radius 2 is 1.52 bits per heavy atom. The van der Waals surface area contributed by atoms with Gasteiger partial charge < -0.3 is 14.6 Å². The van der Waals surface area contributed by atoms with E-state index < -0.39 is 17.7 Å².